The summed E-state index contributed by atoms with van der Waals surface area (Å²) in [5.74, 6) is -0.359. The van der Waals surface area contributed by atoms with Crippen LogP contribution in [0.4, 0.5) is 0 Å². The number of piperidine rings is 1. The van der Waals surface area contributed by atoms with E-state index in [1.165, 1.54) is 6.26 Å². The van der Waals surface area contributed by atoms with Crippen molar-refractivity contribution < 1.29 is 18.8 Å². The first-order valence-corrected chi connectivity index (χ1v) is 9.34. The van der Waals surface area contributed by atoms with Crippen LogP contribution in [-0.4, -0.2) is 47.8 Å². The monoisotopic (exact) mass is 363 g/mol. The minimum Gasteiger partial charge on any atom is -0.459 e. The number of hydrogen-bond acceptors (Lipinski definition) is 4. The summed E-state index contributed by atoms with van der Waals surface area (Å²) in [4.78, 5) is 38.8. The topological polar surface area (TPSA) is 91.7 Å². The van der Waals surface area contributed by atoms with Crippen LogP contribution < -0.4 is 10.6 Å². The highest BCUT2D eigenvalue weighted by molar-refractivity contribution is 5.95. The van der Waals surface area contributed by atoms with Crippen molar-refractivity contribution >= 4 is 17.7 Å². The van der Waals surface area contributed by atoms with Crippen molar-refractivity contribution in [2.45, 2.75) is 58.5 Å². The van der Waals surface area contributed by atoms with Crippen molar-refractivity contribution in [3.63, 3.8) is 0 Å². The molecule has 26 heavy (non-hydrogen) atoms. The van der Waals surface area contributed by atoms with Crippen molar-refractivity contribution in [1.82, 2.24) is 15.5 Å². The highest BCUT2D eigenvalue weighted by Crippen LogP contribution is 2.15. The van der Waals surface area contributed by atoms with Crippen LogP contribution in [0.15, 0.2) is 22.8 Å². The number of hydrogen-bond donors (Lipinski definition) is 2. The molecule has 2 atom stereocenters. The molecule has 2 heterocycles. The lowest BCUT2D eigenvalue weighted by atomic mass is 9.99. The molecule has 0 aromatic carbocycles. The highest BCUT2D eigenvalue weighted by Gasteiger charge is 2.32. The van der Waals surface area contributed by atoms with Gasteiger partial charge in [0.15, 0.2) is 5.76 Å². The Kier molecular flexibility index (Phi) is 7.24. The van der Waals surface area contributed by atoms with Crippen molar-refractivity contribution in [2.24, 2.45) is 5.92 Å². The molecule has 2 N–H and O–H groups in total. The molecule has 144 valence electrons. The molecule has 7 nitrogen and oxygen atoms in total. The van der Waals surface area contributed by atoms with E-state index in [1.54, 1.807) is 17.0 Å². The van der Waals surface area contributed by atoms with E-state index in [0.29, 0.717) is 19.5 Å². The van der Waals surface area contributed by atoms with E-state index in [-0.39, 0.29) is 29.5 Å². The maximum Gasteiger partial charge on any atom is 0.287 e. The van der Waals surface area contributed by atoms with E-state index in [2.05, 4.69) is 10.6 Å². The number of nitrogens with zero attached hydrogens (tertiary/aromatic N) is 1. The fourth-order valence-electron chi connectivity index (χ4n) is 3.15. The zero-order valence-electron chi connectivity index (χ0n) is 15.8. The normalized spacial score (nSPS) is 18.5. The Balaban J connectivity index is 1.98. The van der Waals surface area contributed by atoms with Crippen LogP contribution >= 0.6 is 0 Å². The summed E-state index contributed by atoms with van der Waals surface area (Å²) in [7, 11) is 0. The Morgan fingerprint density at radius 3 is 2.73 bits per heavy atom. The molecule has 1 aliphatic heterocycles. The van der Waals surface area contributed by atoms with Gasteiger partial charge in [-0.15, -0.1) is 0 Å². The lowest BCUT2D eigenvalue weighted by molar-refractivity contribution is -0.136. The fraction of sp³-hybridized carbons (Fsp3) is 0.632. The quantitative estimate of drug-likeness (QED) is 0.774. The molecule has 0 bridgehead atoms. The van der Waals surface area contributed by atoms with Gasteiger partial charge >= 0.3 is 0 Å². The standard InChI is InChI=1S/C19H29N3O4/c1-4-7-16(23)20-14-8-5-10-22(12-14)19(25)17(13(2)3)21-18(24)15-9-6-11-26-15/h6,9,11,13-14,17H,4-5,7-8,10,12H2,1-3H3,(H,20,23)(H,21,24). The van der Waals surface area contributed by atoms with Crippen molar-refractivity contribution in [1.29, 1.82) is 0 Å². The molecule has 7 heteroatoms. The Hall–Kier alpha value is -2.31. The van der Waals surface area contributed by atoms with Crippen LogP contribution in [0.1, 0.15) is 57.0 Å². The van der Waals surface area contributed by atoms with Gasteiger partial charge in [-0.2, -0.15) is 0 Å². The van der Waals surface area contributed by atoms with Gasteiger partial charge in [0, 0.05) is 25.6 Å². The van der Waals surface area contributed by atoms with E-state index >= 15 is 0 Å². The minimum absolute atomic E-state index is 0.0262. The first-order valence-electron chi connectivity index (χ1n) is 9.34. The van der Waals surface area contributed by atoms with Gasteiger partial charge in [0.25, 0.3) is 5.91 Å². The van der Waals surface area contributed by atoms with Gasteiger partial charge in [0.2, 0.25) is 11.8 Å². The molecule has 1 saturated heterocycles. The summed E-state index contributed by atoms with van der Waals surface area (Å²) in [5, 5.41) is 5.78. The highest BCUT2D eigenvalue weighted by atomic mass is 16.3. The Bertz CT molecular complexity index is 612. The zero-order valence-corrected chi connectivity index (χ0v) is 15.8. The second-order valence-corrected chi connectivity index (χ2v) is 7.11. The third-order valence-electron chi connectivity index (χ3n) is 4.54. The maximum absolute atomic E-state index is 13.0. The van der Waals surface area contributed by atoms with E-state index in [4.69, 9.17) is 4.42 Å². The summed E-state index contributed by atoms with van der Waals surface area (Å²) in [5.41, 5.74) is 0. The number of carbonyl (C=O) groups excluding carboxylic acids is 3. The van der Waals surface area contributed by atoms with Gasteiger partial charge in [-0.25, -0.2) is 0 Å². The number of carbonyl (C=O) groups is 3. The molecule has 3 amide bonds. The molecule has 0 aliphatic carbocycles. The lowest BCUT2D eigenvalue weighted by Crippen LogP contribution is -2.56. The molecule has 1 aliphatic rings. The van der Waals surface area contributed by atoms with Crippen LogP contribution in [-0.2, 0) is 9.59 Å². The van der Waals surface area contributed by atoms with Gasteiger partial charge in [-0.1, -0.05) is 20.8 Å². The van der Waals surface area contributed by atoms with E-state index in [1.807, 2.05) is 20.8 Å². The number of amides is 3. The van der Waals surface area contributed by atoms with Crippen LogP contribution in [0.5, 0.6) is 0 Å². The summed E-state index contributed by atoms with van der Waals surface area (Å²) in [6, 6.07) is 2.55. The van der Waals surface area contributed by atoms with Gasteiger partial charge in [-0.3, -0.25) is 14.4 Å². The van der Waals surface area contributed by atoms with Crippen LogP contribution in [0.2, 0.25) is 0 Å². The fourth-order valence-corrected chi connectivity index (χ4v) is 3.15. The molecular formula is C19H29N3O4. The molecule has 1 aromatic heterocycles. The smallest absolute Gasteiger partial charge is 0.287 e. The Morgan fingerprint density at radius 2 is 2.12 bits per heavy atom. The number of likely N-dealkylation sites (tertiary alicyclic amines) is 1. The number of rotatable bonds is 7. The summed E-state index contributed by atoms with van der Waals surface area (Å²) >= 11 is 0. The van der Waals surface area contributed by atoms with Crippen molar-refractivity contribution in [3.05, 3.63) is 24.2 Å². The Labute approximate surface area is 154 Å². The van der Waals surface area contributed by atoms with Crippen LogP contribution in [0, 0.1) is 5.92 Å². The van der Waals surface area contributed by atoms with Gasteiger partial charge in [0.05, 0.1) is 6.26 Å². The molecule has 2 unspecified atom stereocenters. The second-order valence-electron chi connectivity index (χ2n) is 7.11. The minimum atomic E-state index is -0.627. The third kappa shape index (κ3) is 5.34. The molecular weight excluding hydrogens is 334 g/mol. The Morgan fingerprint density at radius 1 is 1.35 bits per heavy atom. The SMILES string of the molecule is CCCC(=O)NC1CCCN(C(=O)C(NC(=O)c2ccco2)C(C)C)C1. The molecule has 0 radical (unpaired) electrons. The first-order chi connectivity index (χ1) is 12.4. The van der Waals surface area contributed by atoms with Crippen LogP contribution in [0.25, 0.3) is 0 Å². The number of furan rings is 1. The largest absolute Gasteiger partial charge is 0.459 e. The predicted octanol–water partition coefficient (Wildman–Crippen LogP) is 1.94. The zero-order chi connectivity index (χ0) is 19.1. The average Bonchev–Trinajstić information content (AvgIpc) is 3.13. The van der Waals surface area contributed by atoms with E-state index in [9.17, 15) is 14.4 Å². The van der Waals surface area contributed by atoms with E-state index < -0.39 is 11.9 Å². The van der Waals surface area contributed by atoms with Gasteiger partial charge < -0.3 is 20.0 Å². The van der Waals surface area contributed by atoms with Crippen molar-refractivity contribution in [2.75, 3.05) is 13.1 Å². The van der Waals surface area contributed by atoms with Crippen molar-refractivity contribution in [3.8, 4) is 0 Å². The first kappa shape index (κ1) is 20.0. The van der Waals surface area contributed by atoms with Crippen LogP contribution in [0.3, 0.4) is 0 Å². The summed E-state index contributed by atoms with van der Waals surface area (Å²) in [6.07, 6.45) is 4.42. The molecule has 2 rings (SSSR count). The second kappa shape index (κ2) is 9.40. The number of nitrogens with one attached hydrogen (secondary N) is 2. The third-order valence-corrected chi connectivity index (χ3v) is 4.54. The molecule has 0 spiro atoms. The van der Waals surface area contributed by atoms with E-state index in [0.717, 1.165) is 19.3 Å². The lowest BCUT2D eigenvalue weighted by Gasteiger charge is -2.36. The summed E-state index contributed by atoms with van der Waals surface area (Å²) < 4.78 is 5.10. The maximum atomic E-state index is 13.0. The summed E-state index contributed by atoms with van der Waals surface area (Å²) in [6.45, 7) is 6.88. The van der Waals surface area contributed by atoms with Gasteiger partial charge in [-0.05, 0) is 37.3 Å². The molecule has 0 saturated carbocycles. The predicted molar refractivity (Wildman–Crippen MR) is 97.5 cm³/mol. The van der Waals surface area contributed by atoms with Gasteiger partial charge in [0.1, 0.15) is 6.04 Å². The average molecular weight is 363 g/mol. The molecule has 1 fully saturated rings. The molecule has 1 aromatic rings.